The molecule has 0 aromatic heterocycles. The van der Waals surface area contributed by atoms with E-state index in [0.29, 0.717) is 16.8 Å². The predicted octanol–water partition coefficient (Wildman–Crippen LogP) is 3.92. The molecule has 0 fully saturated rings. The maximum atomic E-state index is 11.9. The summed E-state index contributed by atoms with van der Waals surface area (Å²) in [4.78, 5) is 23.8. The van der Waals surface area contributed by atoms with Gasteiger partial charge in [-0.3, -0.25) is 9.59 Å². The molecule has 0 heterocycles. The van der Waals surface area contributed by atoms with Gasteiger partial charge in [-0.25, -0.2) is 0 Å². The summed E-state index contributed by atoms with van der Waals surface area (Å²) in [6, 6.07) is 1.78. The number of Topliss-reactive ketones (excluding diaryl/α,β-unsaturated/α-hetero) is 2. The molecule has 1 aromatic carbocycles. The molecule has 0 saturated carbocycles. The quantitative estimate of drug-likeness (QED) is 0.660. The standard InChI is InChI=1S/C16H23NO2/c1-8(2)12-7-13(10(5)18)15(11(6)19)14(9(3)4)16(12)17/h7-9H,17H2,1-6H3. The Morgan fingerprint density at radius 1 is 1.00 bits per heavy atom. The van der Waals surface area contributed by atoms with Crippen molar-refractivity contribution in [1.29, 1.82) is 0 Å². The van der Waals surface area contributed by atoms with Gasteiger partial charge in [0.05, 0.1) is 0 Å². The number of rotatable bonds is 4. The maximum Gasteiger partial charge on any atom is 0.160 e. The number of ketones is 2. The minimum Gasteiger partial charge on any atom is -0.398 e. The molecule has 0 bridgehead atoms. The van der Waals surface area contributed by atoms with Crippen LogP contribution in [-0.2, 0) is 0 Å². The molecule has 104 valence electrons. The molecule has 0 saturated heterocycles. The van der Waals surface area contributed by atoms with E-state index in [1.54, 1.807) is 6.07 Å². The molecule has 19 heavy (non-hydrogen) atoms. The number of nitrogens with two attached hydrogens (primary N) is 1. The van der Waals surface area contributed by atoms with Crippen molar-refractivity contribution in [3.63, 3.8) is 0 Å². The van der Waals surface area contributed by atoms with Crippen LogP contribution in [0.4, 0.5) is 5.69 Å². The van der Waals surface area contributed by atoms with Crippen LogP contribution in [0.2, 0.25) is 0 Å². The molecule has 0 spiro atoms. The van der Waals surface area contributed by atoms with Crippen molar-refractivity contribution in [3.05, 3.63) is 28.3 Å². The molecule has 0 aliphatic heterocycles. The molecule has 0 aliphatic carbocycles. The number of anilines is 1. The van der Waals surface area contributed by atoms with E-state index in [4.69, 9.17) is 5.73 Å². The third kappa shape index (κ3) is 2.86. The molecule has 0 amide bonds. The minimum atomic E-state index is -0.101. The zero-order valence-corrected chi connectivity index (χ0v) is 12.6. The van der Waals surface area contributed by atoms with Gasteiger partial charge in [-0.05, 0) is 42.9 Å². The Bertz CT molecular complexity index is 528. The van der Waals surface area contributed by atoms with E-state index in [0.717, 1.165) is 11.1 Å². The van der Waals surface area contributed by atoms with Crippen LogP contribution in [0.15, 0.2) is 6.07 Å². The second-order valence-corrected chi connectivity index (χ2v) is 5.64. The Kier molecular flexibility index (Phi) is 4.51. The van der Waals surface area contributed by atoms with E-state index < -0.39 is 0 Å². The third-order valence-corrected chi connectivity index (χ3v) is 3.37. The number of benzene rings is 1. The summed E-state index contributed by atoms with van der Waals surface area (Å²) >= 11 is 0. The Morgan fingerprint density at radius 2 is 1.53 bits per heavy atom. The average molecular weight is 261 g/mol. The summed E-state index contributed by atoms with van der Waals surface area (Å²) < 4.78 is 0. The van der Waals surface area contributed by atoms with Gasteiger partial charge in [0, 0.05) is 16.8 Å². The fourth-order valence-corrected chi connectivity index (χ4v) is 2.47. The SMILES string of the molecule is CC(=O)c1cc(C(C)C)c(N)c(C(C)C)c1C(C)=O. The summed E-state index contributed by atoms with van der Waals surface area (Å²) in [5, 5.41) is 0. The highest BCUT2D eigenvalue weighted by atomic mass is 16.1. The fraction of sp³-hybridized carbons (Fsp3) is 0.500. The highest BCUT2D eigenvalue weighted by Crippen LogP contribution is 2.35. The van der Waals surface area contributed by atoms with E-state index in [1.165, 1.54) is 13.8 Å². The molecule has 0 atom stereocenters. The lowest BCUT2D eigenvalue weighted by Gasteiger charge is -2.22. The van der Waals surface area contributed by atoms with Crippen LogP contribution in [0, 0.1) is 0 Å². The van der Waals surface area contributed by atoms with Crippen molar-refractivity contribution >= 4 is 17.3 Å². The highest BCUT2D eigenvalue weighted by Gasteiger charge is 2.23. The van der Waals surface area contributed by atoms with Crippen molar-refractivity contribution in [2.75, 3.05) is 5.73 Å². The third-order valence-electron chi connectivity index (χ3n) is 3.37. The summed E-state index contributed by atoms with van der Waals surface area (Å²) in [6.07, 6.45) is 0. The van der Waals surface area contributed by atoms with Crippen LogP contribution in [-0.4, -0.2) is 11.6 Å². The molecular formula is C16H23NO2. The van der Waals surface area contributed by atoms with Gasteiger partial charge in [0.15, 0.2) is 11.6 Å². The molecule has 1 rings (SSSR count). The van der Waals surface area contributed by atoms with Gasteiger partial charge in [0.25, 0.3) is 0 Å². The van der Waals surface area contributed by atoms with Crippen LogP contribution in [0.3, 0.4) is 0 Å². The topological polar surface area (TPSA) is 60.2 Å². The number of hydrogen-bond acceptors (Lipinski definition) is 3. The largest absolute Gasteiger partial charge is 0.398 e. The lowest BCUT2D eigenvalue weighted by Crippen LogP contribution is -2.15. The number of hydrogen-bond donors (Lipinski definition) is 1. The zero-order chi connectivity index (χ0) is 14.9. The summed E-state index contributed by atoms with van der Waals surface area (Å²) in [6.45, 7) is 11.0. The molecule has 1 aromatic rings. The van der Waals surface area contributed by atoms with Crippen molar-refractivity contribution in [3.8, 4) is 0 Å². The first-order valence-electron chi connectivity index (χ1n) is 6.66. The summed E-state index contributed by atoms with van der Waals surface area (Å²) in [5.41, 5.74) is 9.62. The second-order valence-electron chi connectivity index (χ2n) is 5.64. The molecule has 2 N–H and O–H groups in total. The van der Waals surface area contributed by atoms with Crippen LogP contribution >= 0.6 is 0 Å². The van der Waals surface area contributed by atoms with Crippen molar-refractivity contribution in [2.45, 2.75) is 53.4 Å². The first kappa shape index (κ1) is 15.4. The van der Waals surface area contributed by atoms with Crippen LogP contribution in [0.25, 0.3) is 0 Å². The van der Waals surface area contributed by atoms with E-state index in [9.17, 15) is 9.59 Å². The van der Waals surface area contributed by atoms with Crippen LogP contribution < -0.4 is 5.73 Å². The Hall–Kier alpha value is -1.64. The molecular weight excluding hydrogens is 238 g/mol. The molecule has 0 radical (unpaired) electrons. The smallest absolute Gasteiger partial charge is 0.160 e. The van der Waals surface area contributed by atoms with Crippen molar-refractivity contribution in [1.82, 2.24) is 0 Å². The van der Waals surface area contributed by atoms with Gasteiger partial charge in [-0.1, -0.05) is 27.7 Å². The van der Waals surface area contributed by atoms with Crippen molar-refractivity contribution in [2.24, 2.45) is 0 Å². The summed E-state index contributed by atoms with van der Waals surface area (Å²) in [5.74, 6) is 0.136. The molecule has 3 heteroatoms. The van der Waals surface area contributed by atoms with Gasteiger partial charge in [-0.15, -0.1) is 0 Å². The average Bonchev–Trinajstić information content (AvgIpc) is 2.26. The highest BCUT2D eigenvalue weighted by molar-refractivity contribution is 6.09. The predicted molar refractivity (Wildman–Crippen MR) is 79.0 cm³/mol. The number of carbonyl (C=O) groups is 2. The van der Waals surface area contributed by atoms with Gasteiger partial charge >= 0.3 is 0 Å². The van der Waals surface area contributed by atoms with Gasteiger partial charge in [0.1, 0.15) is 0 Å². The van der Waals surface area contributed by atoms with Gasteiger partial charge < -0.3 is 5.73 Å². The van der Waals surface area contributed by atoms with E-state index in [-0.39, 0.29) is 23.4 Å². The zero-order valence-electron chi connectivity index (χ0n) is 12.6. The second kappa shape index (κ2) is 5.55. The maximum absolute atomic E-state index is 11.9. The lowest BCUT2D eigenvalue weighted by atomic mass is 9.83. The van der Waals surface area contributed by atoms with Crippen molar-refractivity contribution < 1.29 is 9.59 Å². The molecule has 0 aliphatic rings. The minimum absolute atomic E-state index is 0.0889. The number of carbonyl (C=O) groups excluding carboxylic acids is 2. The van der Waals surface area contributed by atoms with E-state index in [2.05, 4.69) is 0 Å². The van der Waals surface area contributed by atoms with Crippen LogP contribution in [0.1, 0.15) is 85.2 Å². The normalized spacial score (nSPS) is 11.2. The first-order valence-corrected chi connectivity index (χ1v) is 6.66. The van der Waals surface area contributed by atoms with Gasteiger partial charge in [-0.2, -0.15) is 0 Å². The summed E-state index contributed by atoms with van der Waals surface area (Å²) in [7, 11) is 0. The van der Waals surface area contributed by atoms with Crippen LogP contribution in [0.5, 0.6) is 0 Å². The first-order chi connectivity index (χ1) is 8.68. The Morgan fingerprint density at radius 3 is 1.84 bits per heavy atom. The van der Waals surface area contributed by atoms with E-state index in [1.807, 2.05) is 27.7 Å². The van der Waals surface area contributed by atoms with E-state index >= 15 is 0 Å². The fourth-order valence-electron chi connectivity index (χ4n) is 2.47. The van der Waals surface area contributed by atoms with Gasteiger partial charge in [0.2, 0.25) is 0 Å². The molecule has 0 unspecified atom stereocenters. The Balaban J connectivity index is 3.83. The lowest BCUT2D eigenvalue weighted by molar-refractivity contribution is 0.0979. The number of nitrogen functional groups attached to an aromatic ring is 1. The monoisotopic (exact) mass is 261 g/mol. The Labute approximate surface area is 115 Å². The molecule has 3 nitrogen and oxygen atoms in total.